The minimum absolute atomic E-state index is 0.0241. The second kappa shape index (κ2) is 9.99. The van der Waals surface area contributed by atoms with Gasteiger partial charge in [0.05, 0.1) is 28.6 Å². The molecule has 3 aromatic carbocycles. The normalized spacial score (nSPS) is 11.2. The van der Waals surface area contributed by atoms with E-state index >= 15 is 0 Å². The van der Waals surface area contributed by atoms with Crippen molar-refractivity contribution in [2.75, 3.05) is 5.75 Å². The van der Waals surface area contributed by atoms with E-state index in [0.29, 0.717) is 31.8 Å². The van der Waals surface area contributed by atoms with Crippen molar-refractivity contribution in [2.45, 2.75) is 5.16 Å². The van der Waals surface area contributed by atoms with Gasteiger partial charge >= 0.3 is 0 Å². The monoisotopic (exact) mass is 482 g/mol. The highest BCUT2D eigenvalue weighted by Gasteiger charge is 2.14. The van der Waals surface area contributed by atoms with Crippen LogP contribution in [0.2, 0.25) is 10.0 Å². The molecule has 32 heavy (non-hydrogen) atoms. The van der Waals surface area contributed by atoms with E-state index in [1.807, 2.05) is 6.07 Å². The van der Waals surface area contributed by atoms with Crippen LogP contribution in [0.5, 0.6) is 0 Å². The van der Waals surface area contributed by atoms with Crippen molar-refractivity contribution < 1.29 is 4.79 Å². The summed E-state index contributed by atoms with van der Waals surface area (Å²) in [6.07, 6.45) is 1.52. The molecule has 0 bridgehead atoms. The first-order chi connectivity index (χ1) is 15.5. The summed E-state index contributed by atoms with van der Waals surface area (Å²) in [4.78, 5) is 30.1. The quantitative estimate of drug-likeness (QED) is 0.183. The molecule has 0 aliphatic carbocycles. The summed E-state index contributed by atoms with van der Waals surface area (Å²) in [7, 11) is 0. The molecule has 0 unspecified atom stereocenters. The number of carbonyl (C=O) groups is 1. The molecule has 0 saturated heterocycles. The van der Waals surface area contributed by atoms with E-state index in [1.165, 1.54) is 10.8 Å². The van der Waals surface area contributed by atoms with E-state index in [1.54, 1.807) is 66.7 Å². The maximum absolute atomic E-state index is 13.2. The number of benzene rings is 3. The van der Waals surface area contributed by atoms with Gasteiger partial charge in [-0.25, -0.2) is 10.4 Å². The zero-order valence-corrected chi connectivity index (χ0v) is 18.9. The SMILES string of the molecule is O=C(CSc1nc2ccccc2c(=O)n1-c1ccc(Cl)cc1)N/N=C\c1ccc(Cl)cc1. The Balaban J connectivity index is 1.56. The molecule has 0 saturated carbocycles. The highest BCUT2D eigenvalue weighted by molar-refractivity contribution is 7.99. The molecule has 0 atom stereocenters. The number of fused-ring (bicyclic) bond motifs is 1. The number of hydrogen-bond acceptors (Lipinski definition) is 5. The molecular weight excluding hydrogens is 467 g/mol. The van der Waals surface area contributed by atoms with E-state index < -0.39 is 0 Å². The van der Waals surface area contributed by atoms with Crippen molar-refractivity contribution in [1.82, 2.24) is 15.0 Å². The molecule has 4 rings (SSSR count). The summed E-state index contributed by atoms with van der Waals surface area (Å²) in [5.74, 6) is -0.304. The van der Waals surface area contributed by atoms with Gasteiger partial charge in [0.2, 0.25) is 0 Å². The predicted molar refractivity (Wildman–Crippen MR) is 130 cm³/mol. The zero-order valence-electron chi connectivity index (χ0n) is 16.5. The van der Waals surface area contributed by atoms with Crippen LogP contribution in [0.1, 0.15) is 5.56 Å². The Labute approximate surface area is 197 Å². The molecule has 160 valence electrons. The Hall–Kier alpha value is -3.13. The Kier molecular flexibility index (Phi) is 6.90. The number of aromatic nitrogens is 2. The van der Waals surface area contributed by atoms with Gasteiger partial charge in [0.1, 0.15) is 0 Å². The van der Waals surface area contributed by atoms with Gasteiger partial charge in [0, 0.05) is 10.0 Å². The number of hydrogen-bond donors (Lipinski definition) is 1. The van der Waals surface area contributed by atoms with Gasteiger partial charge in [0.15, 0.2) is 5.16 Å². The first-order valence-electron chi connectivity index (χ1n) is 9.49. The fourth-order valence-corrected chi connectivity index (χ4v) is 3.97. The summed E-state index contributed by atoms with van der Waals surface area (Å²) >= 11 is 13.0. The molecule has 0 radical (unpaired) electrons. The Morgan fingerprint density at radius 3 is 2.38 bits per heavy atom. The van der Waals surface area contributed by atoms with Crippen LogP contribution in [0.15, 0.2) is 87.8 Å². The lowest BCUT2D eigenvalue weighted by Crippen LogP contribution is -2.24. The number of amides is 1. The van der Waals surface area contributed by atoms with Gasteiger partial charge in [-0.1, -0.05) is 59.2 Å². The van der Waals surface area contributed by atoms with Crippen LogP contribution < -0.4 is 11.0 Å². The third kappa shape index (κ3) is 5.19. The van der Waals surface area contributed by atoms with Gasteiger partial charge in [-0.15, -0.1) is 0 Å². The van der Waals surface area contributed by atoms with Crippen molar-refractivity contribution >= 4 is 58.0 Å². The molecule has 1 amide bonds. The van der Waals surface area contributed by atoms with E-state index in [2.05, 4.69) is 15.5 Å². The number of rotatable bonds is 6. The fourth-order valence-electron chi connectivity index (χ4n) is 2.92. The summed E-state index contributed by atoms with van der Waals surface area (Å²) in [5, 5.41) is 6.02. The maximum atomic E-state index is 13.2. The average molecular weight is 483 g/mol. The number of carbonyl (C=O) groups excluding carboxylic acids is 1. The molecule has 0 aliphatic heterocycles. The highest BCUT2D eigenvalue weighted by Crippen LogP contribution is 2.22. The van der Waals surface area contributed by atoms with Gasteiger partial charge in [-0.3, -0.25) is 14.2 Å². The Morgan fingerprint density at radius 2 is 1.66 bits per heavy atom. The number of hydrazone groups is 1. The van der Waals surface area contributed by atoms with Crippen LogP contribution in [0.4, 0.5) is 0 Å². The van der Waals surface area contributed by atoms with Crippen molar-refractivity contribution in [3.8, 4) is 5.69 Å². The van der Waals surface area contributed by atoms with Crippen LogP contribution in [0, 0.1) is 0 Å². The molecule has 0 aliphatic rings. The second-order valence-corrected chi connectivity index (χ2v) is 8.48. The topological polar surface area (TPSA) is 76.3 Å². The van der Waals surface area contributed by atoms with Gasteiger partial charge < -0.3 is 0 Å². The van der Waals surface area contributed by atoms with Crippen molar-refractivity contribution in [3.63, 3.8) is 0 Å². The smallest absolute Gasteiger partial charge is 0.266 e. The van der Waals surface area contributed by atoms with E-state index in [9.17, 15) is 9.59 Å². The van der Waals surface area contributed by atoms with Crippen molar-refractivity contribution in [1.29, 1.82) is 0 Å². The minimum Gasteiger partial charge on any atom is -0.272 e. The molecule has 1 N–H and O–H groups in total. The Morgan fingerprint density at radius 1 is 1.00 bits per heavy atom. The lowest BCUT2D eigenvalue weighted by atomic mass is 10.2. The summed E-state index contributed by atoms with van der Waals surface area (Å²) < 4.78 is 1.48. The molecule has 4 aromatic rings. The van der Waals surface area contributed by atoms with E-state index in [0.717, 1.165) is 17.3 Å². The lowest BCUT2D eigenvalue weighted by Gasteiger charge is -2.13. The van der Waals surface area contributed by atoms with Gasteiger partial charge in [-0.2, -0.15) is 5.10 Å². The second-order valence-electron chi connectivity index (χ2n) is 6.66. The highest BCUT2D eigenvalue weighted by atomic mass is 35.5. The fraction of sp³-hybridized carbons (Fsp3) is 0.0435. The van der Waals surface area contributed by atoms with Crippen LogP contribution in [0.3, 0.4) is 0 Å². The first-order valence-corrected chi connectivity index (χ1v) is 11.2. The minimum atomic E-state index is -0.328. The van der Waals surface area contributed by atoms with E-state index in [-0.39, 0.29) is 17.2 Å². The summed E-state index contributed by atoms with van der Waals surface area (Å²) in [6.45, 7) is 0. The third-order valence-electron chi connectivity index (χ3n) is 4.43. The van der Waals surface area contributed by atoms with Crippen molar-refractivity contribution in [2.24, 2.45) is 5.10 Å². The van der Waals surface area contributed by atoms with Crippen LogP contribution in [-0.2, 0) is 4.79 Å². The zero-order chi connectivity index (χ0) is 22.5. The van der Waals surface area contributed by atoms with Crippen LogP contribution in [0.25, 0.3) is 16.6 Å². The summed E-state index contributed by atoms with van der Waals surface area (Å²) in [5.41, 5.74) is 4.23. The first kappa shape index (κ1) is 22.1. The number of thioether (sulfide) groups is 1. The molecule has 0 fully saturated rings. The molecular formula is C23H16Cl2N4O2S. The van der Waals surface area contributed by atoms with Crippen molar-refractivity contribution in [3.05, 3.63) is 98.8 Å². The van der Waals surface area contributed by atoms with Crippen LogP contribution in [-0.4, -0.2) is 27.4 Å². The van der Waals surface area contributed by atoms with Crippen LogP contribution >= 0.6 is 35.0 Å². The molecule has 1 aromatic heterocycles. The number of para-hydroxylation sites is 1. The molecule has 1 heterocycles. The molecule has 6 nitrogen and oxygen atoms in total. The molecule has 9 heteroatoms. The number of nitrogens with zero attached hydrogens (tertiary/aromatic N) is 3. The lowest BCUT2D eigenvalue weighted by molar-refractivity contribution is -0.118. The Bertz CT molecular complexity index is 1350. The number of nitrogens with one attached hydrogen (secondary N) is 1. The van der Waals surface area contributed by atoms with Gasteiger partial charge in [-0.05, 0) is 54.1 Å². The third-order valence-corrected chi connectivity index (χ3v) is 5.88. The number of halogens is 2. The van der Waals surface area contributed by atoms with Gasteiger partial charge in [0.25, 0.3) is 11.5 Å². The molecule has 0 spiro atoms. The summed E-state index contributed by atoms with van der Waals surface area (Å²) in [6, 6.07) is 21.0. The van der Waals surface area contributed by atoms with E-state index in [4.69, 9.17) is 23.2 Å². The maximum Gasteiger partial charge on any atom is 0.266 e. The predicted octanol–water partition coefficient (Wildman–Crippen LogP) is 4.93. The largest absolute Gasteiger partial charge is 0.272 e. The average Bonchev–Trinajstić information content (AvgIpc) is 2.80. The standard InChI is InChI=1S/C23H16Cl2N4O2S/c24-16-7-5-15(6-8-16)13-26-28-21(30)14-32-23-27-20-4-2-1-3-19(20)22(31)29(23)18-11-9-17(25)10-12-18/h1-13H,14H2,(H,28,30)/b26-13-.